The third-order valence-corrected chi connectivity index (χ3v) is 4.87. The van der Waals surface area contributed by atoms with Crippen LogP contribution >= 0.6 is 0 Å². The molecule has 0 aliphatic carbocycles. The molecule has 0 aliphatic rings. The van der Waals surface area contributed by atoms with E-state index in [2.05, 4.69) is 4.98 Å². The van der Waals surface area contributed by atoms with Crippen molar-refractivity contribution in [2.45, 2.75) is 6.92 Å². The Bertz CT molecular complexity index is 1410. The molecule has 0 saturated heterocycles. The molecular weight excluding hydrogens is 418 g/mol. The Morgan fingerprint density at radius 2 is 1.72 bits per heavy atom. The molecule has 0 unspecified atom stereocenters. The largest absolute Gasteiger partial charge is 0.454 e. The van der Waals surface area contributed by atoms with Crippen LogP contribution in [0.5, 0.6) is 0 Å². The number of ketones is 1. The molecule has 8 heteroatoms. The lowest BCUT2D eigenvalue weighted by molar-refractivity contribution is 0.0473. The first-order chi connectivity index (χ1) is 15.3. The molecule has 0 atom stereocenters. The van der Waals surface area contributed by atoms with E-state index in [0.717, 1.165) is 18.2 Å². The van der Waals surface area contributed by atoms with E-state index in [-0.39, 0.29) is 11.1 Å². The molecule has 0 radical (unpaired) electrons. The van der Waals surface area contributed by atoms with Crippen LogP contribution in [-0.4, -0.2) is 27.9 Å². The average Bonchev–Trinajstić information content (AvgIpc) is 2.79. The summed E-state index contributed by atoms with van der Waals surface area (Å²) < 4.78 is 33.3. The SMILES string of the molecule is Cc1nc2ccccc2c(=O)n1-c1ccc(C(=O)OCC(=O)c2cc(F)ccc2F)cc1. The number of carbonyl (C=O) groups is 2. The van der Waals surface area contributed by atoms with Crippen molar-refractivity contribution < 1.29 is 23.1 Å². The van der Waals surface area contributed by atoms with Gasteiger partial charge in [-0.15, -0.1) is 0 Å². The van der Waals surface area contributed by atoms with Crippen molar-refractivity contribution in [3.8, 4) is 5.69 Å². The number of rotatable bonds is 5. The number of benzene rings is 3. The van der Waals surface area contributed by atoms with Crippen molar-refractivity contribution in [3.05, 3.63) is 106 Å². The molecule has 0 amide bonds. The van der Waals surface area contributed by atoms with E-state index in [0.29, 0.717) is 22.4 Å². The topological polar surface area (TPSA) is 78.3 Å². The molecule has 0 saturated carbocycles. The van der Waals surface area contributed by atoms with E-state index in [1.165, 1.54) is 16.7 Å². The lowest BCUT2D eigenvalue weighted by Crippen LogP contribution is -2.22. The van der Waals surface area contributed by atoms with Gasteiger partial charge in [-0.25, -0.2) is 18.6 Å². The standard InChI is InChI=1S/C24H16F2N2O4/c1-14-27-21-5-3-2-4-18(21)23(30)28(14)17-9-6-15(7-10-17)24(31)32-13-22(29)19-12-16(25)8-11-20(19)26/h2-12H,13H2,1H3. The van der Waals surface area contributed by atoms with Crippen LogP contribution in [0.4, 0.5) is 8.78 Å². The second-order valence-corrected chi connectivity index (χ2v) is 6.99. The van der Waals surface area contributed by atoms with Gasteiger partial charge < -0.3 is 4.74 Å². The lowest BCUT2D eigenvalue weighted by Gasteiger charge is -2.11. The van der Waals surface area contributed by atoms with Crippen LogP contribution in [-0.2, 0) is 4.74 Å². The Kier molecular flexibility index (Phi) is 5.59. The van der Waals surface area contributed by atoms with Gasteiger partial charge in [0.15, 0.2) is 6.61 Å². The predicted molar refractivity (Wildman–Crippen MR) is 113 cm³/mol. The number of Topliss-reactive ketones (excluding diaryl/α,β-unsaturated/α-hetero) is 1. The fraction of sp³-hybridized carbons (Fsp3) is 0.0833. The molecule has 6 nitrogen and oxygen atoms in total. The van der Waals surface area contributed by atoms with E-state index < -0.39 is 35.6 Å². The Morgan fingerprint density at radius 1 is 1.00 bits per heavy atom. The quantitative estimate of drug-likeness (QED) is 0.350. The number of esters is 1. The van der Waals surface area contributed by atoms with Crippen LogP contribution in [0.25, 0.3) is 16.6 Å². The van der Waals surface area contributed by atoms with Gasteiger partial charge in [0.25, 0.3) is 5.56 Å². The molecule has 0 aliphatic heterocycles. The van der Waals surface area contributed by atoms with E-state index in [1.54, 1.807) is 43.3 Å². The zero-order valence-corrected chi connectivity index (χ0v) is 16.8. The molecule has 32 heavy (non-hydrogen) atoms. The molecule has 160 valence electrons. The molecule has 4 rings (SSSR count). The summed E-state index contributed by atoms with van der Waals surface area (Å²) in [5.74, 6) is -2.88. The molecule has 4 aromatic rings. The van der Waals surface area contributed by atoms with E-state index in [1.807, 2.05) is 0 Å². The Balaban J connectivity index is 1.52. The molecule has 0 spiro atoms. The van der Waals surface area contributed by atoms with Gasteiger partial charge in [-0.1, -0.05) is 12.1 Å². The van der Waals surface area contributed by atoms with Crippen LogP contribution in [0, 0.1) is 18.6 Å². The Hall–Kier alpha value is -4.20. The van der Waals surface area contributed by atoms with Crippen LogP contribution in [0.15, 0.2) is 71.5 Å². The van der Waals surface area contributed by atoms with Crippen molar-refractivity contribution in [3.63, 3.8) is 0 Å². The average molecular weight is 434 g/mol. The molecule has 3 aromatic carbocycles. The van der Waals surface area contributed by atoms with Crippen LogP contribution < -0.4 is 5.56 Å². The fourth-order valence-electron chi connectivity index (χ4n) is 3.30. The lowest BCUT2D eigenvalue weighted by atomic mass is 10.1. The number of para-hydroxylation sites is 1. The zero-order chi connectivity index (χ0) is 22.8. The second kappa shape index (κ2) is 8.50. The number of ether oxygens (including phenoxy) is 1. The summed E-state index contributed by atoms with van der Waals surface area (Å²) in [6.07, 6.45) is 0. The zero-order valence-electron chi connectivity index (χ0n) is 16.8. The minimum atomic E-state index is -0.901. The first-order valence-electron chi connectivity index (χ1n) is 9.59. The number of aryl methyl sites for hydroxylation is 1. The summed E-state index contributed by atoms with van der Waals surface area (Å²) in [5.41, 5.74) is 0.477. The summed E-state index contributed by atoms with van der Waals surface area (Å²) >= 11 is 0. The molecule has 0 N–H and O–H groups in total. The maximum Gasteiger partial charge on any atom is 0.338 e. The molecule has 0 fully saturated rings. The minimum Gasteiger partial charge on any atom is -0.454 e. The van der Waals surface area contributed by atoms with Crippen LogP contribution in [0.3, 0.4) is 0 Å². The Morgan fingerprint density at radius 3 is 2.47 bits per heavy atom. The predicted octanol–water partition coefficient (Wildman–Crippen LogP) is 4.01. The fourth-order valence-corrected chi connectivity index (χ4v) is 3.30. The first-order valence-corrected chi connectivity index (χ1v) is 9.59. The van der Waals surface area contributed by atoms with E-state index in [4.69, 9.17) is 4.74 Å². The van der Waals surface area contributed by atoms with Crippen LogP contribution in [0.1, 0.15) is 26.5 Å². The van der Waals surface area contributed by atoms with E-state index >= 15 is 0 Å². The summed E-state index contributed by atoms with van der Waals surface area (Å²) in [6.45, 7) is 0.960. The van der Waals surface area contributed by atoms with Gasteiger partial charge in [0.05, 0.1) is 27.7 Å². The summed E-state index contributed by atoms with van der Waals surface area (Å²) in [5, 5.41) is 0.463. The number of carbonyl (C=O) groups excluding carboxylic acids is 2. The normalized spacial score (nSPS) is 10.8. The third kappa shape index (κ3) is 4.02. The van der Waals surface area contributed by atoms with Crippen molar-refractivity contribution in [1.82, 2.24) is 9.55 Å². The van der Waals surface area contributed by atoms with Crippen LogP contribution in [0.2, 0.25) is 0 Å². The number of hydrogen-bond donors (Lipinski definition) is 0. The molecule has 1 heterocycles. The van der Waals surface area contributed by atoms with Gasteiger partial charge in [-0.05, 0) is 61.5 Å². The van der Waals surface area contributed by atoms with Gasteiger partial charge in [0.2, 0.25) is 5.78 Å². The molecule has 1 aromatic heterocycles. The summed E-state index contributed by atoms with van der Waals surface area (Å²) in [4.78, 5) is 41.6. The number of fused-ring (bicyclic) bond motifs is 1. The van der Waals surface area contributed by atoms with Crippen molar-refractivity contribution in [2.75, 3.05) is 6.61 Å². The summed E-state index contributed by atoms with van der Waals surface area (Å²) in [7, 11) is 0. The summed E-state index contributed by atoms with van der Waals surface area (Å²) in [6, 6.07) is 15.4. The van der Waals surface area contributed by atoms with Gasteiger partial charge in [-0.3, -0.25) is 14.2 Å². The smallest absolute Gasteiger partial charge is 0.338 e. The first kappa shape index (κ1) is 21.0. The highest BCUT2D eigenvalue weighted by molar-refractivity contribution is 5.99. The van der Waals surface area contributed by atoms with Gasteiger partial charge >= 0.3 is 5.97 Å². The van der Waals surface area contributed by atoms with Crippen molar-refractivity contribution in [1.29, 1.82) is 0 Å². The third-order valence-electron chi connectivity index (χ3n) is 4.87. The highest BCUT2D eigenvalue weighted by Crippen LogP contribution is 2.15. The maximum atomic E-state index is 13.7. The number of halogens is 2. The maximum absolute atomic E-state index is 13.7. The second-order valence-electron chi connectivity index (χ2n) is 6.99. The monoisotopic (exact) mass is 434 g/mol. The number of aromatic nitrogens is 2. The van der Waals surface area contributed by atoms with Gasteiger partial charge in [-0.2, -0.15) is 0 Å². The van der Waals surface area contributed by atoms with E-state index in [9.17, 15) is 23.2 Å². The highest BCUT2D eigenvalue weighted by Gasteiger charge is 2.17. The number of hydrogen-bond acceptors (Lipinski definition) is 5. The molecular formula is C24H16F2N2O4. The number of nitrogens with zero attached hydrogens (tertiary/aromatic N) is 2. The minimum absolute atomic E-state index is 0.126. The van der Waals surface area contributed by atoms with Crippen molar-refractivity contribution >= 4 is 22.7 Å². The molecule has 0 bridgehead atoms. The Labute approximate surface area is 180 Å². The van der Waals surface area contributed by atoms with Gasteiger partial charge in [0, 0.05) is 0 Å². The highest BCUT2D eigenvalue weighted by atomic mass is 19.1. The van der Waals surface area contributed by atoms with Gasteiger partial charge in [0.1, 0.15) is 17.5 Å². The van der Waals surface area contributed by atoms with Crippen molar-refractivity contribution in [2.24, 2.45) is 0 Å².